The summed E-state index contributed by atoms with van der Waals surface area (Å²) in [5, 5.41) is 7.39. The Morgan fingerprint density at radius 1 is 1.26 bits per heavy atom. The maximum atomic E-state index is 12.5. The molecule has 0 radical (unpaired) electrons. The molecule has 7 heteroatoms. The van der Waals surface area contributed by atoms with Crippen LogP contribution < -0.4 is 5.32 Å². The molecule has 1 aromatic heterocycles. The molecule has 1 atom stereocenters. The van der Waals surface area contributed by atoms with E-state index in [1.54, 1.807) is 10.7 Å². The number of aryl methyl sites for hydroxylation is 2. The number of nitrogens with one attached hydrogen (secondary N) is 1. The average molecular weight is 390 g/mol. The van der Waals surface area contributed by atoms with Crippen LogP contribution in [0.5, 0.6) is 0 Å². The van der Waals surface area contributed by atoms with Gasteiger partial charge in [-0.05, 0) is 49.4 Å². The predicted octanol–water partition coefficient (Wildman–Crippen LogP) is 2.91. The summed E-state index contributed by atoms with van der Waals surface area (Å²) in [6, 6.07) is 7.62. The summed E-state index contributed by atoms with van der Waals surface area (Å²) in [7, 11) is -3.05. The summed E-state index contributed by atoms with van der Waals surface area (Å²) in [5.74, 6) is 0.349. The summed E-state index contributed by atoms with van der Waals surface area (Å²) in [6.07, 6.45) is 0.523. The molecule has 1 aromatic carbocycles. The maximum absolute atomic E-state index is 12.5. The van der Waals surface area contributed by atoms with Gasteiger partial charge in [-0.3, -0.25) is 9.48 Å². The average Bonchev–Trinajstić information content (AvgIpc) is 3.18. The molecule has 3 rings (SSSR count). The minimum Gasteiger partial charge on any atom is -0.350 e. The first-order chi connectivity index (χ1) is 12.7. The molecule has 2 aromatic rings. The third-order valence-electron chi connectivity index (χ3n) is 5.00. The van der Waals surface area contributed by atoms with Crippen LogP contribution in [0.4, 0.5) is 0 Å². The molecule has 0 aliphatic carbocycles. The minimum atomic E-state index is -3.05. The molecule has 1 N–H and O–H groups in total. The number of carbonyl (C=O) groups excluding carboxylic acids is 1. The fourth-order valence-electron chi connectivity index (χ4n) is 3.26. The molecule has 0 spiro atoms. The number of benzene rings is 1. The van der Waals surface area contributed by atoms with E-state index in [1.807, 2.05) is 39.8 Å². The Labute approximate surface area is 160 Å². The molecular weight excluding hydrogens is 362 g/mol. The van der Waals surface area contributed by atoms with Gasteiger partial charge in [-0.25, -0.2) is 8.42 Å². The second-order valence-electron chi connectivity index (χ2n) is 7.82. The first kappa shape index (κ1) is 19.6. The van der Waals surface area contributed by atoms with Crippen LogP contribution in [0.1, 0.15) is 47.9 Å². The van der Waals surface area contributed by atoms with Crippen LogP contribution in [0.15, 0.2) is 24.3 Å². The summed E-state index contributed by atoms with van der Waals surface area (Å²) in [4.78, 5) is 12.5. The normalized spacial score (nSPS) is 18.8. The lowest BCUT2D eigenvalue weighted by Crippen LogP contribution is -2.28. The maximum Gasteiger partial charge on any atom is 0.271 e. The highest BCUT2D eigenvalue weighted by molar-refractivity contribution is 7.91. The molecule has 1 aliphatic rings. The number of sulfone groups is 1. The van der Waals surface area contributed by atoms with Crippen LogP contribution in [0.3, 0.4) is 0 Å². The van der Waals surface area contributed by atoms with E-state index < -0.39 is 9.84 Å². The van der Waals surface area contributed by atoms with Crippen molar-refractivity contribution >= 4 is 15.7 Å². The number of rotatable bonds is 5. The largest absolute Gasteiger partial charge is 0.350 e. The van der Waals surface area contributed by atoms with E-state index in [9.17, 15) is 13.2 Å². The van der Waals surface area contributed by atoms with Crippen LogP contribution in [-0.2, 0) is 9.84 Å². The van der Waals surface area contributed by atoms with Crippen molar-refractivity contribution in [2.24, 2.45) is 5.92 Å². The van der Waals surface area contributed by atoms with E-state index in [1.165, 1.54) is 5.56 Å². The Kier molecular flexibility index (Phi) is 5.42. The van der Waals surface area contributed by atoms with Gasteiger partial charge in [-0.15, -0.1) is 0 Å². The molecule has 0 unspecified atom stereocenters. The number of amides is 1. The van der Waals surface area contributed by atoms with Gasteiger partial charge in [-0.1, -0.05) is 26.0 Å². The van der Waals surface area contributed by atoms with Crippen LogP contribution in [0.25, 0.3) is 11.3 Å². The molecule has 1 amide bonds. The standard InChI is InChI=1S/C20H27N3O3S/c1-13(2)11-21-20(24)18-10-19(16-6-5-14(3)15(4)9-16)23(22-18)17-7-8-27(25,26)12-17/h5-6,9-10,13,17H,7-8,11-12H2,1-4H3,(H,21,24)/t17-/m1/s1. The van der Waals surface area contributed by atoms with Gasteiger partial charge < -0.3 is 5.32 Å². The Bertz CT molecular complexity index is 961. The van der Waals surface area contributed by atoms with Gasteiger partial charge >= 0.3 is 0 Å². The van der Waals surface area contributed by atoms with Crippen LogP contribution >= 0.6 is 0 Å². The van der Waals surface area contributed by atoms with Crippen LogP contribution in [-0.4, -0.2) is 42.2 Å². The summed E-state index contributed by atoms with van der Waals surface area (Å²) in [5.41, 5.74) is 4.38. The van der Waals surface area contributed by atoms with Crippen molar-refractivity contribution in [3.05, 3.63) is 41.1 Å². The fraction of sp³-hybridized carbons (Fsp3) is 0.500. The van der Waals surface area contributed by atoms with E-state index in [0.717, 1.165) is 16.8 Å². The Morgan fingerprint density at radius 3 is 2.59 bits per heavy atom. The number of aromatic nitrogens is 2. The van der Waals surface area contributed by atoms with Crippen LogP contribution in [0, 0.1) is 19.8 Å². The lowest BCUT2D eigenvalue weighted by molar-refractivity contribution is 0.0943. The van der Waals surface area contributed by atoms with Gasteiger partial charge in [0.25, 0.3) is 5.91 Å². The predicted molar refractivity (Wildman–Crippen MR) is 107 cm³/mol. The van der Waals surface area contributed by atoms with Gasteiger partial charge in [-0.2, -0.15) is 5.10 Å². The zero-order chi connectivity index (χ0) is 19.8. The van der Waals surface area contributed by atoms with E-state index in [2.05, 4.69) is 16.5 Å². The Hall–Kier alpha value is -2.15. The molecule has 1 aliphatic heterocycles. The van der Waals surface area contributed by atoms with Crippen molar-refractivity contribution in [1.29, 1.82) is 0 Å². The van der Waals surface area contributed by atoms with Crippen molar-refractivity contribution in [1.82, 2.24) is 15.1 Å². The van der Waals surface area contributed by atoms with Crippen molar-refractivity contribution in [3.8, 4) is 11.3 Å². The quantitative estimate of drug-likeness (QED) is 0.852. The molecule has 2 heterocycles. The monoisotopic (exact) mass is 389 g/mol. The van der Waals surface area contributed by atoms with Crippen molar-refractivity contribution in [2.45, 2.75) is 40.2 Å². The van der Waals surface area contributed by atoms with E-state index in [4.69, 9.17) is 0 Å². The van der Waals surface area contributed by atoms with Gasteiger partial charge in [0.05, 0.1) is 23.2 Å². The molecule has 1 saturated heterocycles. The Balaban J connectivity index is 2.01. The smallest absolute Gasteiger partial charge is 0.271 e. The number of nitrogens with zero attached hydrogens (tertiary/aromatic N) is 2. The highest BCUT2D eigenvalue weighted by atomic mass is 32.2. The molecule has 0 saturated carbocycles. The second kappa shape index (κ2) is 7.46. The van der Waals surface area contributed by atoms with E-state index >= 15 is 0 Å². The summed E-state index contributed by atoms with van der Waals surface area (Å²) >= 11 is 0. The lowest BCUT2D eigenvalue weighted by atomic mass is 10.0. The van der Waals surface area contributed by atoms with Crippen LogP contribution in [0.2, 0.25) is 0 Å². The highest BCUT2D eigenvalue weighted by Crippen LogP contribution is 2.31. The minimum absolute atomic E-state index is 0.0690. The zero-order valence-corrected chi connectivity index (χ0v) is 17.1. The Morgan fingerprint density at radius 2 is 2.00 bits per heavy atom. The topological polar surface area (TPSA) is 81.1 Å². The number of hydrogen-bond donors (Lipinski definition) is 1. The van der Waals surface area contributed by atoms with Gasteiger partial charge in [0.1, 0.15) is 0 Å². The molecule has 1 fully saturated rings. The molecule has 0 bridgehead atoms. The first-order valence-corrected chi connectivity index (χ1v) is 11.1. The molecular formula is C20H27N3O3S. The van der Waals surface area contributed by atoms with Gasteiger partial charge in [0, 0.05) is 12.1 Å². The van der Waals surface area contributed by atoms with Crippen molar-refractivity contribution < 1.29 is 13.2 Å². The number of hydrogen-bond acceptors (Lipinski definition) is 4. The second-order valence-corrected chi connectivity index (χ2v) is 10.0. The molecule has 27 heavy (non-hydrogen) atoms. The van der Waals surface area contributed by atoms with E-state index in [0.29, 0.717) is 24.6 Å². The summed E-state index contributed by atoms with van der Waals surface area (Å²) < 4.78 is 25.7. The molecule has 146 valence electrons. The first-order valence-electron chi connectivity index (χ1n) is 9.32. The number of carbonyl (C=O) groups is 1. The fourth-order valence-corrected chi connectivity index (χ4v) is 4.95. The molecule has 6 nitrogen and oxygen atoms in total. The SMILES string of the molecule is Cc1ccc(-c2cc(C(=O)NCC(C)C)nn2[C@@H]2CCS(=O)(=O)C2)cc1C. The van der Waals surface area contributed by atoms with Gasteiger partial charge in [0.15, 0.2) is 15.5 Å². The lowest BCUT2D eigenvalue weighted by Gasteiger charge is -2.14. The third kappa shape index (κ3) is 4.40. The highest BCUT2D eigenvalue weighted by Gasteiger charge is 2.32. The zero-order valence-electron chi connectivity index (χ0n) is 16.3. The third-order valence-corrected chi connectivity index (χ3v) is 6.75. The van der Waals surface area contributed by atoms with Crippen molar-refractivity contribution in [2.75, 3.05) is 18.1 Å². The van der Waals surface area contributed by atoms with Crippen molar-refractivity contribution in [3.63, 3.8) is 0 Å². The van der Waals surface area contributed by atoms with Gasteiger partial charge in [0.2, 0.25) is 0 Å². The summed E-state index contributed by atoms with van der Waals surface area (Å²) in [6.45, 7) is 8.72. The van der Waals surface area contributed by atoms with E-state index in [-0.39, 0.29) is 23.5 Å².